The van der Waals surface area contributed by atoms with Crippen molar-refractivity contribution in [3.63, 3.8) is 0 Å². The van der Waals surface area contributed by atoms with Gasteiger partial charge in [0.1, 0.15) is 0 Å². The van der Waals surface area contributed by atoms with Crippen LogP contribution in [0.5, 0.6) is 0 Å². The molecule has 0 N–H and O–H groups in total. The fourth-order valence-corrected chi connectivity index (χ4v) is 4.33. The molecule has 3 aromatic rings. The Morgan fingerprint density at radius 2 is 1.81 bits per heavy atom. The van der Waals surface area contributed by atoms with E-state index in [1.54, 1.807) is 0 Å². The Morgan fingerprint density at radius 1 is 1.07 bits per heavy atom. The van der Waals surface area contributed by atoms with Crippen molar-refractivity contribution < 1.29 is 0 Å². The summed E-state index contributed by atoms with van der Waals surface area (Å²) in [5.41, 5.74) is 6.49. The predicted octanol–water partition coefficient (Wildman–Crippen LogP) is 6.62. The molecule has 0 amide bonds. The number of aryl methyl sites for hydroxylation is 1. The molecule has 1 unspecified atom stereocenters. The van der Waals surface area contributed by atoms with Crippen LogP contribution in [0.15, 0.2) is 59.6 Å². The smallest absolute Gasteiger partial charge is 0.0708 e. The Labute approximate surface area is 162 Å². The van der Waals surface area contributed by atoms with E-state index in [0.29, 0.717) is 5.92 Å². The number of rotatable bonds is 2. The number of aliphatic imine (C=N–C) groups is 1. The van der Waals surface area contributed by atoms with Crippen molar-refractivity contribution in [3.05, 3.63) is 71.3 Å². The van der Waals surface area contributed by atoms with E-state index >= 15 is 0 Å². The maximum absolute atomic E-state index is 4.85. The van der Waals surface area contributed by atoms with Crippen LogP contribution in [0.2, 0.25) is 0 Å². The minimum Gasteiger partial charge on any atom is -0.369 e. The molecule has 1 aliphatic rings. The average Bonchev–Trinajstić information content (AvgIpc) is 2.64. The highest BCUT2D eigenvalue weighted by Crippen LogP contribution is 2.43. The van der Waals surface area contributed by atoms with Crippen molar-refractivity contribution in [2.75, 3.05) is 11.9 Å². The second kappa shape index (κ2) is 6.53. The largest absolute Gasteiger partial charge is 0.369 e. The molecule has 0 fully saturated rings. The lowest BCUT2D eigenvalue weighted by atomic mass is 9.79. The first kappa shape index (κ1) is 17.8. The molecule has 138 valence electrons. The first-order valence-electron chi connectivity index (χ1n) is 9.77. The summed E-state index contributed by atoms with van der Waals surface area (Å²) >= 11 is 0. The summed E-state index contributed by atoms with van der Waals surface area (Å²) in [6, 6.07) is 19.4. The quantitative estimate of drug-likeness (QED) is 0.471. The van der Waals surface area contributed by atoms with E-state index < -0.39 is 0 Å². The molecule has 1 atom stereocenters. The van der Waals surface area contributed by atoms with E-state index in [1.807, 2.05) is 6.21 Å². The number of fused-ring (bicyclic) bond motifs is 2. The van der Waals surface area contributed by atoms with Gasteiger partial charge < -0.3 is 4.90 Å². The van der Waals surface area contributed by atoms with Crippen molar-refractivity contribution in [1.29, 1.82) is 0 Å². The normalized spacial score (nSPS) is 18.9. The lowest BCUT2D eigenvalue weighted by Crippen LogP contribution is -2.45. The van der Waals surface area contributed by atoms with Crippen LogP contribution >= 0.6 is 0 Å². The van der Waals surface area contributed by atoms with Crippen molar-refractivity contribution in [2.24, 2.45) is 4.99 Å². The molecule has 3 aromatic carbocycles. The van der Waals surface area contributed by atoms with Crippen LogP contribution in [0.4, 0.5) is 11.4 Å². The average molecular weight is 357 g/mol. The third-order valence-corrected chi connectivity index (χ3v) is 6.13. The SMILES string of the molecule is Cc1cc2c(cc1C=Nc1cccc3ccccc13)C(C)CC(C)(C)N2C. The van der Waals surface area contributed by atoms with Gasteiger partial charge in [0.25, 0.3) is 0 Å². The lowest BCUT2D eigenvalue weighted by Gasteiger charge is -2.45. The van der Waals surface area contributed by atoms with Gasteiger partial charge in [-0.2, -0.15) is 0 Å². The molecule has 0 aromatic heterocycles. The van der Waals surface area contributed by atoms with Gasteiger partial charge in [-0.25, -0.2) is 0 Å². The number of hydrogen-bond donors (Lipinski definition) is 0. The zero-order valence-electron chi connectivity index (χ0n) is 17.0. The molecule has 0 spiro atoms. The van der Waals surface area contributed by atoms with Crippen LogP contribution in [-0.4, -0.2) is 18.8 Å². The summed E-state index contributed by atoms with van der Waals surface area (Å²) in [6.45, 7) is 9.19. The molecular formula is C25H28N2. The lowest BCUT2D eigenvalue weighted by molar-refractivity contribution is 0.395. The van der Waals surface area contributed by atoms with E-state index in [9.17, 15) is 0 Å². The predicted molar refractivity (Wildman–Crippen MR) is 118 cm³/mol. The first-order chi connectivity index (χ1) is 12.9. The molecule has 0 aliphatic carbocycles. The number of benzene rings is 3. The Balaban J connectivity index is 1.75. The standard InChI is InChI=1S/C25H28N2/c1-17-13-24-22(18(2)15-25(3,4)27(24)5)14-20(17)16-26-23-12-8-10-19-9-6-7-11-21(19)23/h6-14,16,18H,15H2,1-5H3. The van der Waals surface area contributed by atoms with Gasteiger partial charge in [-0.05, 0) is 73.4 Å². The van der Waals surface area contributed by atoms with Gasteiger partial charge in [0.2, 0.25) is 0 Å². The van der Waals surface area contributed by atoms with E-state index in [0.717, 1.165) is 5.69 Å². The first-order valence-corrected chi connectivity index (χ1v) is 9.77. The zero-order chi connectivity index (χ0) is 19.2. The fraction of sp³-hybridized carbons (Fsp3) is 0.320. The van der Waals surface area contributed by atoms with Crippen molar-refractivity contribution in [1.82, 2.24) is 0 Å². The Kier molecular flexibility index (Phi) is 4.30. The number of nitrogens with zero attached hydrogens (tertiary/aromatic N) is 2. The molecule has 1 aliphatic heterocycles. The van der Waals surface area contributed by atoms with Crippen molar-refractivity contribution in [2.45, 2.75) is 45.6 Å². The monoisotopic (exact) mass is 356 g/mol. The Hall–Kier alpha value is -2.61. The maximum Gasteiger partial charge on any atom is 0.0708 e. The van der Waals surface area contributed by atoms with Crippen LogP contribution < -0.4 is 4.90 Å². The third kappa shape index (κ3) is 3.14. The summed E-state index contributed by atoms with van der Waals surface area (Å²) < 4.78 is 0. The molecule has 2 heteroatoms. The summed E-state index contributed by atoms with van der Waals surface area (Å²) in [4.78, 5) is 7.28. The summed E-state index contributed by atoms with van der Waals surface area (Å²) in [5, 5.41) is 2.42. The molecule has 0 saturated heterocycles. The van der Waals surface area contributed by atoms with Gasteiger partial charge >= 0.3 is 0 Å². The van der Waals surface area contributed by atoms with E-state index in [4.69, 9.17) is 4.99 Å². The number of hydrogen-bond acceptors (Lipinski definition) is 2. The van der Waals surface area contributed by atoms with Crippen molar-refractivity contribution >= 4 is 28.4 Å². The van der Waals surface area contributed by atoms with Crippen molar-refractivity contribution in [3.8, 4) is 0 Å². The van der Waals surface area contributed by atoms with Gasteiger partial charge in [-0.3, -0.25) is 4.99 Å². The highest BCUT2D eigenvalue weighted by Gasteiger charge is 2.34. The van der Waals surface area contributed by atoms with Gasteiger partial charge in [0.15, 0.2) is 0 Å². The van der Waals surface area contributed by atoms with Crippen LogP contribution in [-0.2, 0) is 0 Å². The maximum atomic E-state index is 4.85. The molecule has 4 rings (SSSR count). The zero-order valence-corrected chi connectivity index (χ0v) is 17.0. The van der Waals surface area contributed by atoms with Gasteiger partial charge in [0, 0.05) is 29.9 Å². The van der Waals surface area contributed by atoms with E-state index in [2.05, 4.69) is 94.2 Å². The second-order valence-electron chi connectivity index (χ2n) is 8.50. The molecule has 27 heavy (non-hydrogen) atoms. The summed E-state index contributed by atoms with van der Waals surface area (Å²) in [7, 11) is 2.22. The molecule has 0 bridgehead atoms. The molecule has 2 nitrogen and oxygen atoms in total. The van der Waals surface area contributed by atoms with Gasteiger partial charge in [-0.15, -0.1) is 0 Å². The Bertz CT molecular complexity index is 1020. The second-order valence-corrected chi connectivity index (χ2v) is 8.50. The topological polar surface area (TPSA) is 15.6 Å². The highest BCUT2D eigenvalue weighted by atomic mass is 15.2. The molecule has 0 saturated carbocycles. The van der Waals surface area contributed by atoms with Gasteiger partial charge in [0.05, 0.1) is 5.69 Å². The third-order valence-electron chi connectivity index (χ3n) is 6.13. The molecule has 1 heterocycles. The molecule has 0 radical (unpaired) electrons. The van der Waals surface area contributed by atoms with E-state index in [1.165, 1.54) is 39.6 Å². The highest BCUT2D eigenvalue weighted by molar-refractivity contribution is 5.95. The number of anilines is 1. The minimum atomic E-state index is 0.192. The summed E-state index contributed by atoms with van der Waals surface area (Å²) in [6.07, 6.45) is 3.20. The Morgan fingerprint density at radius 3 is 2.63 bits per heavy atom. The molecular weight excluding hydrogens is 328 g/mol. The fourth-order valence-electron chi connectivity index (χ4n) is 4.33. The van der Waals surface area contributed by atoms with E-state index in [-0.39, 0.29) is 5.54 Å². The van der Waals surface area contributed by atoms with Crippen LogP contribution in [0.1, 0.15) is 49.8 Å². The van der Waals surface area contributed by atoms with Crippen LogP contribution in [0.25, 0.3) is 10.8 Å². The minimum absolute atomic E-state index is 0.192. The van der Waals surface area contributed by atoms with Crippen LogP contribution in [0, 0.1) is 6.92 Å². The van der Waals surface area contributed by atoms with Crippen LogP contribution in [0.3, 0.4) is 0 Å². The summed E-state index contributed by atoms with van der Waals surface area (Å²) in [5.74, 6) is 0.552. The van der Waals surface area contributed by atoms with Gasteiger partial charge in [-0.1, -0.05) is 43.3 Å².